The summed E-state index contributed by atoms with van der Waals surface area (Å²) in [7, 11) is -1.95. The Hall–Kier alpha value is -2.74. The van der Waals surface area contributed by atoms with Gasteiger partial charge in [-0.05, 0) is 61.7 Å². The highest BCUT2D eigenvalue weighted by molar-refractivity contribution is 7.89. The molecule has 0 spiro atoms. The molecule has 3 aliphatic rings. The summed E-state index contributed by atoms with van der Waals surface area (Å²) in [6.45, 7) is 11.5. The number of nitrogens with one attached hydrogen (secondary N) is 3. The molecule has 1 saturated heterocycles. The van der Waals surface area contributed by atoms with Crippen molar-refractivity contribution < 1.29 is 32.4 Å². The molecule has 1 aliphatic heterocycles. The number of hydrogen-bond donors (Lipinski definition) is 4. The van der Waals surface area contributed by atoms with E-state index < -0.39 is 69.1 Å². The van der Waals surface area contributed by atoms with Gasteiger partial charge in [0.2, 0.25) is 27.6 Å². The maximum absolute atomic E-state index is 14.4. The number of nitrogens with zero attached hydrogens (tertiary/aromatic N) is 2. The average Bonchev–Trinajstić information content (AvgIpc) is 3.45. The number of ketones is 1. The molecule has 13 nitrogen and oxygen atoms in total. The summed E-state index contributed by atoms with van der Waals surface area (Å²) in [6.07, 6.45) is 8.57. The number of carbonyl (C=O) groups excluding carboxylic acids is 5. The summed E-state index contributed by atoms with van der Waals surface area (Å²) in [5.74, 6) is -2.78. The number of likely N-dealkylation sites (tertiary alicyclic amines) is 1. The molecule has 5 atom stereocenters. The second-order valence-electron chi connectivity index (χ2n) is 15.6. The molecule has 0 aromatic carbocycles. The molecule has 2 saturated carbocycles. The van der Waals surface area contributed by atoms with Gasteiger partial charge in [0.25, 0.3) is 5.91 Å². The van der Waals surface area contributed by atoms with Crippen molar-refractivity contribution in [1.82, 2.24) is 25.2 Å². The Morgan fingerprint density at radius 2 is 1.54 bits per heavy atom. The van der Waals surface area contributed by atoms with E-state index in [1.807, 2.05) is 34.6 Å². The first-order chi connectivity index (χ1) is 22.4. The van der Waals surface area contributed by atoms with Gasteiger partial charge in [-0.2, -0.15) is 0 Å². The molecule has 14 heteroatoms. The maximum atomic E-state index is 14.4. The van der Waals surface area contributed by atoms with Crippen LogP contribution in [0.1, 0.15) is 106 Å². The zero-order valence-electron chi connectivity index (χ0n) is 30.0. The van der Waals surface area contributed by atoms with Crippen molar-refractivity contribution in [2.75, 3.05) is 25.9 Å². The van der Waals surface area contributed by atoms with E-state index in [1.54, 1.807) is 6.92 Å². The van der Waals surface area contributed by atoms with E-state index in [2.05, 4.69) is 16.0 Å². The van der Waals surface area contributed by atoms with E-state index in [9.17, 15) is 32.4 Å². The molecule has 48 heavy (non-hydrogen) atoms. The second kappa shape index (κ2) is 16.8. The fraction of sp³-hybridized carbons (Fsp3) is 0.853. The van der Waals surface area contributed by atoms with Gasteiger partial charge in [-0.15, -0.1) is 0 Å². The molecule has 274 valence electrons. The minimum Gasteiger partial charge on any atom is -0.363 e. The van der Waals surface area contributed by atoms with Crippen LogP contribution in [0, 0.1) is 29.1 Å². The lowest BCUT2D eigenvalue weighted by Crippen LogP contribution is -2.62. The predicted molar refractivity (Wildman–Crippen MR) is 184 cm³/mol. The average molecular weight is 697 g/mol. The Balaban J connectivity index is 1.83. The van der Waals surface area contributed by atoms with Gasteiger partial charge < -0.3 is 26.6 Å². The molecule has 0 bridgehead atoms. The van der Waals surface area contributed by atoms with Crippen LogP contribution in [0.2, 0.25) is 0 Å². The summed E-state index contributed by atoms with van der Waals surface area (Å²) >= 11 is 0. The van der Waals surface area contributed by atoms with Crippen LogP contribution in [0.15, 0.2) is 0 Å². The highest BCUT2D eigenvalue weighted by Crippen LogP contribution is 2.35. The van der Waals surface area contributed by atoms with Crippen LogP contribution < -0.4 is 21.7 Å². The Labute approximate surface area is 287 Å². The predicted octanol–water partition coefficient (Wildman–Crippen LogP) is 2.53. The molecule has 5 amide bonds. The number of urea groups is 1. The number of nitrogens with two attached hydrogens (primary N) is 1. The Morgan fingerprint density at radius 3 is 2.04 bits per heavy atom. The Morgan fingerprint density at radius 1 is 0.917 bits per heavy atom. The van der Waals surface area contributed by atoms with E-state index in [4.69, 9.17) is 5.73 Å². The highest BCUT2D eigenvalue weighted by atomic mass is 32.2. The fourth-order valence-electron chi connectivity index (χ4n) is 7.44. The standard InChI is InChI=1S/C34H60N6O7S/c1-8-48(46,47)39(7)20-26(23-15-10-9-11-16-23)37-33(45)38-29(34(4,5)6)32(44)40-18-17-24(21(2)3)27(40)31(43)36-25(28(41)30(35)42)19-22-13-12-14-22/h21-27,29H,8-20H2,1-7H3,(H2,35,42)(H,36,43)(H2,37,38,45)/t24?,25?,26-,27+,29-/m1/s1. The lowest BCUT2D eigenvalue weighted by atomic mass is 9.80. The van der Waals surface area contributed by atoms with Crippen LogP contribution in [-0.4, -0.2) is 97.2 Å². The number of hydrogen-bond acceptors (Lipinski definition) is 7. The normalized spacial score (nSPS) is 22.9. The first-order valence-corrected chi connectivity index (χ1v) is 19.4. The van der Waals surface area contributed by atoms with Gasteiger partial charge >= 0.3 is 6.03 Å². The number of primary amides is 1. The fourth-order valence-corrected chi connectivity index (χ4v) is 8.26. The van der Waals surface area contributed by atoms with Gasteiger partial charge in [0, 0.05) is 26.2 Å². The number of likely N-dealkylation sites (N-methyl/N-ethyl adjacent to an activating group) is 1. The van der Waals surface area contributed by atoms with E-state index in [1.165, 1.54) is 16.3 Å². The van der Waals surface area contributed by atoms with Crippen LogP contribution >= 0.6 is 0 Å². The summed E-state index contributed by atoms with van der Waals surface area (Å²) in [4.78, 5) is 68.1. The van der Waals surface area contributed by atoms with E-state index >= 15 is 0 Å². The largest absolute Gasteiger partial charge is 0.363 e. The van der Waals surface area contributed by atoms with Crippen LogP contribution in [0.4, 0.5) is 4.79 Å². The number of amides is 5. The summed E-state index contributed by atoms with van der Waals surface area (Å²) in [6, 6.07) is -3.99. The lowest BCUT2D eigenvalue weighted by Gasteiger charge is -2.38. The van der Waals surface area contributed by atoms with Gasteiger partial charge in [0.15, 0.2) is 0 Å². The molecule has 2 aliphatic carbocycles. The monoisotopic (exact) mass is 696 g/mol. The van der Waals surface area contributed by atoms with Crippen LogP contribution in [0.5, 0.6) is 0 Å². The van der Waals surface area contributed by atoms with Crippen molar-refractivity contribution in [1.29, 1.82) is 0 Å². The number of Topliss-reactive ketones (excluding diaryl/α,β-unsaturated/α-hetero) is 1. The van der Waals surface area contributed by atoms with Gasteiger partial charge in [-0.3, -0.25) is 19.2 Å². The first kappa shape index (κ1) is 39.7. The Kier molecular flexibility index (Phi) is 13.9. The van der Waals surface area contributed by atoms with Crippen molar-refractivity contribution in [2.24, 2.45) is 34.8 Å². The minimum absolute atomic E-state index is 0.0347. The van der Waals surface area contributed by atoms with Crippen LogP contribution in [-0.2, 0) is 29.2 Å². The summed E-state index contributed by atoms with van der Waals surface area (Å²) in [5.41, 5.74) is 4.59. The van der Waals surface area contributed by atoms with Crippen molar-refractivity contribution in [3.8, 4) is 0 Å². The number of carbonyl (C=O) groups is 5. The van der Waals surface area contributed by atoms with E-state index in [0.29, 0.717) is 12.8 Å². The quantitative estimate of drug-likeness (QED) is 0.189. The molecule has 2 unspecified atom stereocenters. The van der Waals surface area contributed by atoms with Crippen molar-refractivity contribution in [3.05, 3.63) is 0 Å². The minimum atomic E-state index is -3.47. The molecule has 0 radical (unpaired) electrons. The van der Waals surface area contributed by atoms with Gasteiger partial charge in [-0.1, -0.05) is 73.1 Å². The van der Waals surface area contributed by atoms with Crippen molar-refractivity contribution in [3.63, 3.8) is 0 Å². The third-order valence-electron chi connectivity index (χ3n) is 10.7. The molecule has 0 aromatic heterocycles. The van der Waals surface area contributed by atoms with E-state index in [-0.39, 0.29) is 42.5 Å². The number of rotatable bonds is 15. The van der Waals surface area contributed by atoms with Crippen LogP contribution in [0.25, 0.3) is 0 Å². The van der Waals surface area contributed by atoms with E-state index in [0.717, 1.165) is 51.4 Å². The zero-order chi connectivity index (χ0) is 36.0. The Bertz CT molecular complexity index is 1270. The first-order valence-electron chi connectivity index (χ1n) is 17.8. The van der Waals surface area contributed by atoms with Gasteiger partial charge in [0.1, 0.15) is 12.1 Å². The third kappa shape index (κ3) is 10.1. The zero-order valence-corrected chi connectivity index (χ0v) is 30.9. The number of sulfonamides is 1. The third-order valence-corrected chi connectivity index (χ3v) is 12.6. The lowest BCUT2D eigenvalue weighted by molar-refractivity contribution is -0.144. The molecule has 1 heterocycles. The SMILES string of the molecule is CCS(=O)(=O)N(C)C[C@@H](NC(=O)N[C@H](C(=O)N1CCC(C(C)C)[C@H]1C(=O)NC(CC1CCC1)C(=O)C(N)=O)C(C)(C)C)C1CCCCC1. The molecule has 0 aromatic rings. The van der Waals surface area contributed by atoms with Gasteiger partial charge in [0.05, 0.1) is 11.8 Å². The molecule has 3 fully saturated rings. The molecule has 5 N–H and O–H groups in total. The highest BCUT2D eigenvalue weighted by Gasteiger charge is 2.48. The summed E-state index contributed by atoms with van der Waals surface area (Å²) in [5, 5.41) is 8.69. The molecule has 3 rings (SSSR count). The van der Waals surface area contributed by atoms with Crippen molar-refractivity contribution >= 4 is 39.6 Å². The second-order valence-corrected chi connectivity index (χ2v) is 18.0. The summed E-state index contributed by atoms with van der Waals surface area (Å²) < 4.78 is 26.5. The topological polar surface area (TPSA) is 188 Å². The maximum Gasteiger partial charge on any atom is 0.315 e. The van der Waals surface area contributed by atoms with Gasteiger partial charge in [-0.25, -0.2) is 17.5 Å². The molecular formula is C34H60N6O7S. The smallest absolute Gasteiger partial charge is 0.315 e. The van der Waals surface area contributed by atoms with Crippen molar-refractivity contribution in [2.45, 2.75) is 130 Å². The molecular weight excluding hydrogens is 636 g/mol. The van der Waals surface area contributed by atoms with Crippen LogP contribution in [0.3, 0.4) is 0 Å².